The van der Waals surface area contributed by atoms with E-state index in [0.717, 1.165) is 65.4 Å². The zero-order valence-electron chi connectivity index (χ0n) is 16.7. The van der Waals surface area contributed by atoms with Crippen LogP contribution in [0.3, 0.4) is 0 Å². The van der Waals surface area contributed by atoms with Gasteiger partial charge in [0.15, 0.2) is 0 Å². The molecular weight excluding hydrogens is 326 g/mol. The highest BCUT2D eigenvalue weighted by molar-refractivity contribution is 5.65. The minimum atomic E-state index is -0.318. The second kappa shape index (κ2) is 31.0. The Labute approximate surface area is 153 Å². The smallest absolute Gasteiger partial charge is 0.321 e. The van der Waals surface area contributed by atoms with Crippen molar-refractivity contribution in [1.29, 1.82) is 0 Å². The molecule has 0 aromatic rings. The van der Waals surface area contributed by atoms with E-state index < -0.39 is 0 Å². The maximum Gasteiger partial charge on any atom is 0.321 e. The molecule has 0 saturated heterocycles. The Morgan fingerprint density at radius 1 is 0.800 bits per heavy atom. The second-order valence-electron chi connectivity index (χ2n) is 4.72. The first kappa shape index (κ1) is 29.0. The van der Waals surface area contributed by atoms with Crippen molar-refractivity contribution in [2.45, 2.75) is 47.0 Å². The standard InChI is InChI=1S/C7H15NO3.2C5H13NO/c1-3-10-6-4-5-8-11-7(2)9;2*1-2-7-5-3-4-6/h8H,3-6H2,1-2H3;2*2-6H2,1H3. The predicted octanol–water partition coefficient (Wildman–Crippen LogP) is 1.22. The van der Waals surface area contributed by atoms with E-state index in [4.69, 9.17) is 25.7 Å². The molecular formula is C17H41N3O5. The van der Waals surface area contributed by atoms with Gasteiger partial charge < -0.3 is 30.5 Å². The van der Waals surface area contributed by atoms with E-state index in [9.17, 15) is 4.79 Å². The molecule has 0 heterocycles. The van der Waals surface area contributed by atoms with E-state index >= 15 is 0 Å². The van der Waals surface area contributed by atoms with E-state index in [2.05, 4.69) is 10.3 Å². The van der Waals surface area contributed by atoms with Gasteiger partial charge >= 0.3 is 5.97 Å². The number of carbonyl (C=O) groups is 1. The number of hydroxylamine groups is 1. The van der Waals surface area contributed by atoms with Gasteiger partial charge in [-0.25, -0.2) is 0 Å². The fourth-order valence-electron chi connectivity index (χ4n) is 1.20. The quantitative estimate of drug-likeness (QED) is 0.310. The fourth-order valence-corrected chi connectivity index (χ4v) is 1.20. The van der Waals surface area contributed by atoms with E-state index in [0.29, 0.717) is 13.2 Å². The van der Waals surface area contributed by atoms with Gasteiger partial charge in [0.2, 0.25) is 0 Å². The van der Waals surface area contributed by atoms with E-state index in [1.165, 1.54) is 6.92 Å². The van der Waals surface area contributed by atoms with Gasteiger partial charge in [-0.2, -0.15) is 5.48 Å². The van der Waals surface area contributed by atoms with Crippen LogP contribution in [0.1, 0.15) is 47.0 Å². The number of nitrogens with two attached hydrogens (primary N) is 2. The summed E-state index contributed by atoms with van der Waals surface area (Å²) in [6.07, 6.45) is 2.81. The van der Waals surface area contributed by atoms with Gasteiger partial charge in [-0.15, -0.1) is 0 Å². The summed E-state index contributed by atoms with van der Waals surface area (Å²) in [6, 6.07) is 0. The van der Waals surface area contributed by atoms with E-state index in [1.54, 1.807) is 0 Å². The van der Waals surface area contributed by atoms with E-state index in [-0.39, 0.29) is 5.97 Å². The van der Waals surface area contributed by atoms with Crippen molar-refractivity contribution >= 4 is 5.97 Å². The van der Waals surface area contributed by atoms with Crippen molar-refractivity contribution < 1.29 is 23.8 Å². The van der Waals surface area contributed by atoms with Crippen molar-refractivity contribution in [3.05, 3.63) is 0 Å². The molecule has 5 N–H and O–H groups in total. The van der Waals surface area contributed by atoms with Crippen LogP contribution in [0.25, 0.3) is 0 Å². The Bertz CT molecular complexity index is 216. The highest BCUT2D eigenvalue weighted by atomic mass is 16.7. The van der Waals surface area contributed by atoms with Crippen LogP contribution in [-0.4, -0.2) is 65.2 Å². The lowest BCUT2D eigenvalue weighted by Gasteiger charge is -2.02. The summed E-state index contributed by atoms with van der Waals surface area (Å²) in [6.45, 7) is 14.0. The van der Waals surface area contributed by atoms with Crippen molar-refractivity contribution in [2.75, 3.05) is 59.3 Å². The van der Waals surface area contributed by atoms with Crippen molar-refractivity contribution in [1.82, 2.24) is 5.48 Å². The monoisotopic (exact) mass is 367 g/mol. The maximum atomic E-state index is 10.2. The highest BCUT2D eigenvalue weighted by Crippen LogP contribution is 1.80. The van der Waals surface area contributed by atoms with Crippen molar-refractivity contribution in [3.8, 4) is 0 Å². The molecule has 0 atom stereocenters. The molecule has 8 nitrogen and oxygen atoms in total. The average molecular weight is 368 g/mol. The molecule has 0 aromatic heterocycles. The molecule has 25 heavy (non-hydrogen) atoms. The first-order valence-electron chi connectivity index (χ1n) is 9.14. The van der Waals surface area contributed by atoms with Crippen LogP contribution in [0, 0.1) is 0 Å². The van der Waals surface area contributed by atoms with Crippen LogP contribution < -0.4 is 16.9 Å². The van der Waals surface area contributed by atoms with Gasteiger partial charge in [-0.1, -0.05) is 0 Å². The third-order valence-corrected chi connectivity index (χ3v) is 2.38. The predicted molar refractivity (Wildman–Crippen MR) is 101 cm³/mol. The first-order valence-corrected chi connectivity index (χ1v) is 9.14. The summed E-state index contributed by atoms with van der Waals surface area (Å²) in [7, 11) is 0. The summed E-state index contributed by atoms with van der Waals surface area (Å²) in [5, 5.41) is 0. The number of hydrogen-bond acceptors (Lipinski definition) is 8. The molecule has 0 rings (SSSR count). The van der Waals surface area contributed by atoms with Crippen LogP contribution in [0.15, 0.2) is 0 Å². The Morgan fingerprint density at radius 3 is 1.52 bits per heavy atom. The van der Waals surface area contributed by atoms with Gasteiger partial charge in [0.05, 0.1) is 0 Å². The van der Waals surface area contributed by atoms with Crippen LogP contribution >= 0.6 is 0 Å². The van der Waals surface area contributed by atoms with E-state index in [1.807, 2.05) is 20.8 Å². The lowest BCUT2D eigenvalue weighted by atomic mass is 10.5. The molecule has 0 saturated carbocycles. The van der Waals surface area contributed by atoms with Crippen LogP contribution in [0.5, 0.6) is 0 Å². The Morgan fingerprint density at radius 2 is 1.20 bits per heavy atom. The Kier molecular flexibility index (Phi) is 36.0. The molecule has 0 aliphatic heterocycles. The highest BCUT2D eigenvalue weighted by Gasteiger charge is 1.90. The third-order valence-electron chi connectivity index (χ3n) is 2.38. The summed E-state index contributed by atoms with van der Waals surface area (Å²) in [4.78, 5) is 14.7. The molecule has 0 radical (unpaired) electrons. The largest absolute Gasteiger partial charge is 0.382 e. The first-order chi connectivity index (χ1) is 12.1. The summed E-state index contributed by atoms with van der Waals surface area (Å²) >= 11 is 0. The molecule has 0 fully saturated rings. The Balaban J connectivity index is -0.000000304. The fraction of sp³-hybridized carbons (Fsp3) is 0.941. The molecule has 0 aliphatic rings. The number of nitrogens with one attached hydrogen (secondary N) is 1. The molecule has 0 bridgehead atoms. The molecule has 8 heteroatoms. The number of hydrogen-bond donors (Lipinski definition) is 3. The number of rotatable bonds is 14. The van der Waals surface area contributed by atoms with Gasteiger partial charge in [0, 0.05) is 53.1 Å². The third kappa shape index (κ3) is 45.1. The summed E-state index contributed by atoms with van der Waals surface area (Å²) in [5.74, 6) is -0.318. The summed E-state index contributed by atoms with van der Waals surface area (Å²) in [5.41, 5.74) is 12.9. The molecule has 0 spiro atoms. The van der Waals surface area contributed by atoms with Gasteiger partial charge in [0.1, 0.15) is 0 Å². The molecule has 0 unspecified atom stereocenters. The molecule has 0 amide bonds. The number of ether oxygens (including phenoxy) is 3. The van der Waals surface area contributed by atoms with Crippen LogP contribution in [0.2, 0.25) is 0 Å². The van der Waals surface area contributed by atoms with Crippen LogP contribution in [0.4, 0.5) is 0 Å². The molecule has 0 aromatic carbocycles. The SMILES string of the molecule is CCOCCCN.CCOCCCN.CCOCCCNOC(C)=O. The van der Waals surface area contributed by atoms with Crippen LogP contribution in [-0.2, 0) is 23.8 Å². The maximum absolute atomic E-state index is 10.2. The average Bonchev–Trinajstić information content (AvgIpc) is 2.60. The lowest BCUT2D eigenvalue weighted by molar-refractivity contribution is -0.148. The lowest BCUT2D eigenvalue weighted by Crippen LogP contribution is -2.20. The van der Waals surface area contributed by atoms with Crippen molar-refractivity contribution in [3.63, 3.8) is 0 Å². The zero-order valence-corrected chi connectivity index (χ0v) is 16.7. The topological polar surface area (TPSA) is 118 Å². The second-order valence-corrected chi connectivity index (χ2v) is 4.72. The zero-order chi connectivity index (χ0) is 19.6. The molecule has 154 valence electrons. The van der Waals surface area contributed by atoms with Gasteiger partial charge in [0.25, 0.3) is 0 Å². The Hall–Kier alpha value is -0.770. The van der Waals surface area contributed by atoms with Crippen molar-refractivity contribution in [2.24, 2.45) is 11.5 Å². The normalized spacial score (nSPS) is 9.52. The summed E-state index contributed by atoms with van der Waals surface area (Å²) < 4.78 is 15.0. The van der Waals surface area contributed by atoms with Gasteiger partial charge in [-0.3, -0.25) is 4.79 Å². The minimum absolute atomic E-state index is 0.318. The minimum Gasteiger partial charge on any atom is -0.382 e. The molecule has 0 aliphatic carbocycles. The number of carbonyl (C=O) groups excluding carboxylic acids is 1. The van der Waals surface area contributed by atoms with Gasteiger partial charge in [-0.05, 0) is 53.1 Å².